The van der Waals surface area contributed by atoms with Crippen LogP contribution in [0.5, 0.6) is 0 Å². The van der Waals surface area contributed by atoms with E-state index in [0.29, 0.717) is 6.04 Å². The number of piperidine rings is 1. The second-order valence-corrected chi connectivity index (χ2v) is 3.74. The number of hydrogen-bond acceptors (Lipinski definition) is 3. The zero-order valence-electron chi connectivity index (χ0n) is 8.88. The van der Waals surface area contributed by atoms with Crippen molar-refractivity contribution in [1.82, 2.24) is 10.4 Å². The molecule has 1 aliphatic rings. The molecule has 1 N–H and O–H groups in total. The normalized spacial score (nSPS) is 21.7. The number of hydrogen-bond donors (Lipinski definition) is 1. The van der Waals surface area contributed by atoms with Gasteiger partial charge in [-0.05, 0) is 26.7 Å². The molecule has 0 spiro atoms. The smallest absolute Gasteiger partial charge is 0.0630 e. The molecule has 1 aliphatic heterocycles. The van der Waals surface area contributed by atoms with Crippen LogP contribution in [0.4, 0.5) is 0 Å². The summed E-state index contributed by atoms with van der Waals surface area (Å²) in [6.45, 7) is 8.21. The van der Waals surface area contributed by atoms with Gasteiger partial charge in [-0.15, -0.1) is 0 Å². The highest BCUT2D eigenvalue weighted by molar-refractivity contribution is 4.64. The predicted molar refractivity (Wildman–Crippen MR) is 54.5 cm³/mol. The molecule has 0 aromatic rings. The van der Waals surface area contributed by atoms with Gasteiger partial charge in [0.1, 0.15) is 0 Å². The summed E-state index contributed by atoms with van der Waals surface area (Å²) in [4.78, 5) is 0. The van der Waals surface area contributed by atoms with Gasteiger partial charge < -0.3 is 4.74 Å². The van der Waals surface area contributed by atoms with Crippen LogP contribution in [0.25, 0.3) is 0 Å². The number of nitrogens with one attached hydrogen (secondary N) is 1. The van der Waals surface area contributed by atoms with Gasteiger partial charge >= 0.3 is 0 Å². The number of ether oxygens (including phenoxy) is 1. The summed E-state index contributed by atoms with van der Waals surface area (Å²) < 4.78 is 5.35. The van der Waals surface area contributed by atoms with Crippen LogP contribution >= 0.6 is 0 Å². The molecule has 3 heteroatoms. The molecule has 0 amide bonds. The highest BCUT2D eigenvalue weighted by Gasteiger charge is 2.11. The van der Waals surface area contributed by atoms with Crippen LogP contribution in [0.3, 0.4) is 0 Å². The molecular formula is C10H22N2O. The van der Waals surface area contributed by atoms with E-state index in [-0.39, 0.29) is 0 Å². The summed E-state index contributed by atoms with van der Waals surface area (Å²) in [5, 5.41) is 2.33. The monoisotopic (exact) mass is 186 g/mol. The summed E-state index contributed by atoms with van der Waals surface area (Å²) in [7, 11) is 0. The first-order chi connectivity index (χ1) is 6.33. The van der Waals surface area contributed by atoms with Gasteiger partial charge in [0.2, 0.25) is 0 Å². The third-order valence-corrected chi connectivity index (χ3v) is 2.33. The third kappa shape index (κ3) is 4.60. The van der Waals surface area contributed by atoms with Crippen molar-refractivity contribution in [2.24, 2.45) is 0 Å². The van der Waals surface area contributed by atoms with E-state index in [2.05, 4.69) is 17.4 Å². The Morgan fingerprint density at radius 2 is 2.00 bits per heavy atom. The van der Waals surface area contributed by atoms with Crippen molar-refractivity contribution in [2.45, 2.75) is 39.2 Å². The lowest BCUT2D eigenvalue weighted by Gasteiger charge is -2.30. The van der Waals surface area contributed by atoms with E-state index >= 15 is 0 Å². The Bertz CT molecular complexity index is 124. The second-order valence-electron chi connectivity index (χ2n) is 3.74. The molecule has 0 aromatic carbocycles. The van der Waals surface area contributed by atoms with Crippen LogP contribution in [-0.2, 0) is 4.74 Å². The van der Waals surface area contributed by atoms with Crippen LogP contribution < -0.4 is 5.43 Å². The highest BCUT2D eigenvalue weighted by atomic mass is 16.5. The first-order valence-corrected chi connectivity index (χ1v) is 5.41. The van der Waals surface area contributed by atoms with Crippen molar-refractivity contribution < 1.29 is 4.74 Å². The fourth-order valence-corrected chi connectivity index (χ4v) is 1.67. The van der Waals surface area contributed by atoms with Gasteiger partial charge in [0.05, 0.1) is 6.61 Å². The fraction of sp³-hybridized carbons (Fsp3) is 1.00. The van der Waals surface area contributed by atoms with Gasteiger partial charge in [0, 0.05) is 25.7 Å². The minimum Gasteiger partial charge on any atom is -0.380 e. The Morgan fingerprint density at radius 3 is 2.62 bits per heavy atom. The molecule has 0 saturated carbocycles. The van der Waals surface area contributed by atoms with Crippen molar-refractivity contribution in [3.63, 3.8) is 0 Å². The zero-order chi connectivity index (χ0) is 9.52. The molecule has 3 nitrogen and oxygen atoms in total. The lowest BCUT2D eigenvalue weighted by molar-refractivity contribution is 0.0723. The summed E-state index contributed by atoms with van der Waals surface area (Å²) in [5.41, 5.74) is 3.46. The molecule has 1 heterocycles. The molecular weight excluding hydrogens is 164 g/mol. The van der Waals surface area contributed by atoms with E-state index in [1.165, 1.54) is 32.4 Å². The van der Waals surface area contributed by atoms with Crippen LogP contribution in [0, 0.1) is 0 Å². The second kappa shape index (κ2) is 6.35. The molecule has 0 radical (unpaired) electrons. The number of nitrogens with zero attached hydrogens (tertiary/aromatic N) is 1. The molecule has 0 aromatic heterocycles. The average molecular weight is 186 g/mol. The first-order valence-electron chi connectivity index (χ1n) is 5.41. The lowest BCUT2D eigenvalue weighted by atomic mass is 10.2. The Labute approximate surface area is 81.4 Å². The maximum atomic E-state index is 5.35. The Kier molecular flexibility index (Phi) is 5.35. The first kappa shape index (κ1) is 11.0. The van der Waals surface area contributed by atoms with Crippen LogP contribution in [0.15, 0.2) is 0 Å². The molecule has 78 valence electrons. The molecule has 1 rings (SSSR count). The van der Waals surface area contributed by atoms with Gasteiger partial charge in [-0.25, -0.2) is 5.01 Å². The minimum absolute atomic E-state index is 0.443. The van der Waals surface area contributed by atoms with Crippen molar-refractivity contribution >= 4 is 0 Å². The van der Waals surface area contributed by atoms with Crippen molar-refractivity contribution in [3.8, 4) is 0 Å². The Balaban J connectivity index is 2.07. The maximum Gasteiger partial charge on any atom is 0.0630 e. The maximum absolute atomic E-state index is 5.35. The van der Waals surface area contributed by atoms with Gasteiger partial charge in [-0.2, -0.15) is 0 Å². The number of hydrazine groups is 1. The standard InChI is InChI=1S/C10H22N2O/c1-3-13-9-10(2)11-12-7-5-4-6-8-12/h10-11H,3-9H2,1-2H3. The molecule has 1 saturated heterocycles. The van der Waals surface area contributed by atoms with Gasteiger partial charge in [-0.1, -0.05) is 6.42 Å². The minimum atomic E-state index is 0.443. The third-order valence-electron chi connectivity index (χ3n) is 2.33. The summed E-state index contributed by atoms with van der Waals surface area (Å²) >= 11 is 0. The average Bonchev–Trinajstić information content (AvgIpc) is 2.16. The molecule has 0 aliphatic carbocycles. The van der Waals surface area contributed by atoms with E-state index in [1.54, 1.807) is 0 Å². The summed E-state index contributed by atoms with van der Waals surface area (Å²) in [6.07, 6.45) is 4.04. The number of rotatable bonds is 5. The molecule has 1 fully saturated rings. The van der Waals surface area contributed by atoms with E-state index in [1.807, 2.05) is 6.92 Å². The largest absolute Gasteiger partial charge is 0.380 e. The van der Waals surface area contributed by atoms with E-state index in [0.717, 1.165) is 13.2 Å². The van der Waals surface area contributed by atoms with Gasteiger partial charge in [-0.3, -0.25) is 5.43 Å². The SMILES string of the molecule is CCOCC(C)NN1CCCCC1. The summed E-state index contributed by atoms with van der Waals surface area (Å²) in [5.74, 6) is 0. The molecule has 0 bridgehead atoms. The van der Waals surface area contributed by atoms with Crippen molar-refractivity contribution in [2.75, 3.05) is 26.3 Å². The van der Waals surface area contributed by atoms with Crippen molar-refractivity contribution in [3.05, 3.63) is 0 Å². The zero-order valence-corrected chi connectivity index (χ0v) is 8.88. The van der Waals surface area contributed by atoms with Gasteiger partial charge in [0.25, 0.3) is 0 Å². The Morgan fingerprint density at radius 1 is 1.31 bits per heavy atom. The molecule has 13 heavy (non-hydrogen) atoms. The molecule has 1 atom stereocenters. The quantitative estimate of drug-likeness (QED) is 0.702. The van der Waals surface area contributed by atoms with E-state index in [4.69, 9.17) is 4.74 Å². The van der Waals surface area contributed by atoms with Gasteiger partial charge in [0.15, 0.2) is 0 Å². The Hall–Kier alpha value is -0.120. The van der Waals surface area contributed by atoms with Crippen LogP contribution in [0.1, 0.15) is 33.1 Å². The molecule has 1 unspecified atom stereocenters. The van der Waals surface area contributed by atoms with Crippen LogP contribution in [-0.4, -0.2) is 37.4 Å². The topological polar surface area (TPSA) is 24.5 Å². The highest BCUT2D eigenvalue weighted by Crippen LogP contribution is 2.06. The fourth-order valence-electron chi connectivity index (χ4n) is 1.67. The van der Waals surface area contributed by atoms with Crippen molar-refractivity contribution in [1.29, 1.82) is 0 Å². The van der Waals surface area contributed by atoms with Crippen LogP contribution in [0.2, 0.25) is 0 Å². The lowest BCUT2D eigenvalue weighted by Crippen LogP contribution is -2.47. The van der Waals surface area contributed by atoms with E-state index < -0.39 is 0 Å². The summed E-state index contributed by atoms with van der Waals surface area (Å²) in [6, 6.07) is 0.443. The predicted octanol–water partition coefficient (Wildman–Crippen LogP) is 1.40. The van der Waals surface area contributed by atoms with E-state index in [9.17, 15) is 0 Å².